The average molecular weight is 587 g/mol. The normalized spacial score (nSPS) is 23.9. The van der Waals surface area contributed by atoms with E-state index in [1.54, 1.807) is 12.3 Å². The second-order valence-corrected chi connectivity index (χ2v) is 11.7. The minimum atomic E-state index is -4.29. The predicted molar refractivity (Wildman–Crippen MR) is 152 cm³/mol. The van der Waals surface area contributed by atoms with Gasteiger partial charge in [0, 0.05) is 60.3 Å². The Kier molecular flexibility index (Phi) is 6.37. The third kappa shape index (κ3) is 4.67. The van der Waals surface area contributed by atoms with Crippen LogP contribution >= 0.6 is 0 Å². The molecule has 0 saturated heterocycles. The van der Waals surface area contributed by atoms with Gasteiger partial charge < -0.3 is 15.2 Å². The zero-order valence-electron chi connectivity index (χ0n) is 23.4. The Hall–Kier alpha value is -4.54. The number of halogens is 3. The Bertz CT molecular complexity index is 1740. The number of aromatic nitrogens is 4. The third-order valence-corrected chi connectivity index (χ3v) is 9.16. The van der Waals surface area contributed by atoms with Crippen LogP contribution in [0.1, 0.15) is 82.0 Å². The number of rotatable bonds is 5. The molecule has 220 valence electrons. The second kappa shape index (κ2) is 10.0. The van der Waals surface area contributed by atoms with E-state index in [-0.39, 0.29) is 30.2 Å². The van der Waals surface area contributed by atoms with Crippen LogP contribution in [0.15, 0.2) is 67.1 Å². The Balaban J connectivity index is 1.17. The molecule has 8 nitrogen and oxygen atoms in total. The van der Waals surface area contributed by atoms with Gasteiger partial charge in [0.25, 0.3) is 5.91 Å². The number of hydrogen-bond acceptors (Lipinski definition) is 5. The van der Waals surface area contributed by atoms with E-state index in [0.29, 0.717) is 42.2 Å². The number of nitrogens with zero attached hydrogens (tertiary/aromatic N) is 4. The fraction of sp³-hybridized carbons (Fsp3) is 0.344. The molecule has 5 heterocycles. The van der Waals surface area contributed by atoms with Crippen LogP contribution in [-0.2, 0) is 29.5 Å². The largest absolute Gasteiger partial charge is 0.389 e. The van der Waals surface area contributed by atoms with Crippen LogP contribution in [0.4, 0.5) is 19.0 Å². The summed E-state index contributed by atoms with van der Waals surface area (Å²) in [4.78, 5) is 40.1. The molecule has 0 fully saturated rings. The maximum atomic E-state index is 13.7. The summed E-state index contributed by atoms with van der Waals surface area (Å²) < 4.78 is 41.2. The topological polar surface area (TPSA) is 102 Å². The lowest BCUT2D eigenvalue weighted by Gasteiger charge is -2.37. The molecule has 4 aromatic rings. The fourth-order valence-electron chi connectivity index (χ4n) is 7.05. The lowest BCUT2D eigenvalue weighted by Crippen LogP contribution is -2.37. The Morgan fingerprint density at radius 1 is 1.09 bits per heavy atom. The molecule has 4 atom stereocenters. The van der Waals surface area contributed by atoms with Crippen LogP contribution in [0.3, 0.4) is 0 Å². The molecule has 1 spiro atoms. The van der Waals surface area contributed by atoms with Crippen LogP contribution in [0.25, 0.3) is 0 Å². The highest BCUT2D eigenvalue weighted by molar-refractivity contribution is 6.06. The molecular weight excluding hydrogens is 557 g/mol. The molecule has 2 aliphatic heterocycles. The van der Waals surface area contributed by atoms with Crippen molar-refractivity contribution in [3.8, 4) is 0 Å². The van der Waals surface area contributed by atoms with Crippen molar-refractivity contribution in [2.45, 2.75) is 68.6 Å². The van der Waals surface area contributed by atoms with Gasteiger partial charge in [-0.1, -0.05) is 36.4 Å². The lowest BCUT2D eigenvalue weighted by atomic mass is 9.80. The number of fused-ring (bicyclic) bond motifs is 4. The number of amides is 2. The molecule has 0 radical (unpaired) electrons. The highest BCUT2D eigenvalue weighted by Gasteiger charge is 2.51. The Morgan fingerprint density at radius 2 is 1.91 bits per heavy atom. The summed E-state index contributed by atoms with van der Waals surface area (Å²) in [6.45, 7) is 1.99. The number of carbonyl (C=O) groups excluding carboxylic acids is 2. The predicted octanol–water partition coefficient (Wildman–Crippen LogP) is 5.38. The number of alkyl halides is 3. The monoisotopic (exact) mass is 586 g/mol. The molecular formula is C32H29F3N6O2. The number of aryl methyl sites for hydroxylation is 1. The molecule has 1 aliphatic carbocycles. The van der Waals surface area contributed by atoms with Gasteiger partial charge in [0.15, 0.2) is 0 Å². The molecule has 2 amide bonds. The summed E-state index contributed by atoms with van der Waals surface area (Å²) in [7, 11) is 0. The van der Waals surface area contributed by atoms with Crippen molar-refractivity contribution in [1.29, 1.82) is 0 Å². The molecule has 0 saturated carbocycles. The van der Waals surface area contributed by atoms with Gasteiger partial charge in [0.1, 0.15) is 11.6 Å². The quantitative estimate of drug-likeness (QED) is 0.327. The maximum Gasteiger partial charge on any atom is 0.389 e. The standard InChI is InChI=1S/C32H29F3N6O2/c1-18-23(19-6-3-2-4-7-19)13-25(28-38-17-22(41(18)28)9-10-32(33,34)35)39-29(42)21-12-20-14-31(15-26(20)37-16-21)24-8-5-11-36-27(24)40-30(31)43/h2-8,11-12,16-18,23,25H,9-10,13-15H2,1H3,(H,39,42)(H,36,40,43)/t18?,23-,25+,31?/m1/s1. The summed E-state index contributed by atoms with van der Waals surface area (Å²) in [6.07, 6.45) is 0.608. The van der Waals surface area contributed by atoms with Crippen LogP contribution in [0.2, 0.25) is 0 Å². The highest BCUT2D eigenvalue weighted by atomic mass is 19.4. The Morgan fingerprint density at radius 3 is 2.70 bits per heavy atom. The van der Waals surface area contributed by atoms with Crippen LogP contribution in [0.5, 0.6) is 0 Å². The van der Waals surface area contributed by atoms with Gasteiger partial charge in [0.05, 0.1) is 17.0 Å². The first kappa shape index (κ1) is 27.3. The highest BCUT2D eigenvalue weighted by Crippen LogP contribution is 2.46. The molecule has 7 rings (SSSR count). The molecule has 43 heavy (non-hydrogen) atoms. The van der Waals surface area contributed by atoms with Crippen LogP contribution in [0, 0.1) is 0 Å². The van der Waals surface area contributed by atoms with Gasteiger partial charge in [-0.3, -0.25) is 14.6 Å². The van der Waals surface area contributed by atoms with Crippen molar-refractivity contribution in [2.24, 2.45) is 0 Å². The summed E-state index contributed by atoms with van der Waals surface area (Å²) in [5.74, 6) is 0.576. The molecule has 2 unspecified atom stereocenters. The zero-order chi connectivity index (χ0) is 29.9. The number of carbonyl (C=O) groups is 2. The van der Waals surface area contributed by atoms with E-state index < -0.39 is 24.1 Å². The number of pyridine rings is 2. The van der Waals surface area contributed by atoms with Crippen LogP contribution in [-0.4, -0.2) is 37.5 Å². The average Bonchev–Trinajstić information content (AvgIpc) is 3.67. The van der Waals surface area contributed by atoms with E-state index in [1.807, 2.05) is 54.0 Å². The van der Waals surface area contributed by atoms with Gasteiger partial charge in [-0.05, 0) is 49.4 Å². The van der Waals surface area contributed by atoms with Crippen molar-refractivity contribution >= 4 is 17.6 Å². The SMILES string of the molecule is CC1[C@H](c2ccccc2)C[C@H](NC(=O)c2cnc3c(c2)CC2(C3)C(=O)Nc3ncccc32)c2ncc(CCC(F)(F)F)n21. The van der Waals surface area contributed by atoms with Gasteiger partial charge in [0.2, 0.25) is 5.91 Å². The number of benzene rings is 1. The lowest BCUT2D eigenvalue weighted by molar-refractivity contribution is -0.134. The van der Waals surface area contributed by atoms with E-state index in [0.717, 1.165) is 22.4 Å². The number of anilines is 1. The first-order valence-corrected chi connectivity index (χ1v) is 14.4. The first-order chi connectivity index (χ1) is 20.6. The third-order valence-electron chi connectivity index (χ3n) is 9.16. The van der Waals surface area contributed by atoms with Gasteiger partial charge >= 0.3 is 6.18 Å². The Labute approximate surface area is 245 Å². The van der Waals surface area contributed by atoms with Crippen molar-refractivity contribution in [1.82, 2.24) is 24.8 Å². The van der Waals surface area contributed by atoms with E-state index in [1.165, 1.54) is 12.4 Å². The van der Waals surface area contributed by atoms with Gasteiger partial charge in [-0.15, -0.1) is 0 Å². The minimum Gasteiger partial charge on any atom is -0.342 e. The smallest absolute Gasteiger partial charge is 0.342 e. The molecule has 3 aliphatic rings. The summed E-state index contributed by atoms with van der Waals surface area (Å²) in [5.41, 5.74) is 3.52. The summed E-state index contributed by atoms with van der Waals surface area (Å²) in [6, 6.07) is 14.6. The summed E-state index contributed by atoms with van der Waals surface area (Å²) in [5, 5.41) is 5.98. The second-order valence-electron chi connectivity index (χ2n) is 11.7. The maximum absolute atomic E-state index is 13.7. The number of hydrogen-bond donors (Lipinski definition) is 2. The van der Waals surface area contributed by atoms with Crippen molar-refractivity contribution in [2.75, 3.05) is 5.32 Å². The number of imidazole rings is 1. The summed E-state index contributed by atoms with van der Waals surface area (Å²) >= 11 is 0. The van der Waals surface area contributed by atoms with Crippen LogP contribution < -0.4 is 10.6 Å². The molecule has 11 heteroatoms. The van der Waals surface area contributed by atoms with Crippen molar-refractivity contribution < 1.29 is 22.8 Å². The first-order valence-electron chi connectivity index (χ1n) is 14.4. The molecule has 2 N–H and O–H groups in total. The van der Waals surface area contributed by atoms with Crippen molar-refractivity contribution in [3.63, 3.8) is 0 Å². The van der Waals surface area contributed by atoms with Gasteiger partial charge in [-0.2, -0.15) is 13.2 Å². The van der Waals surface area contributed by atoms with Crippen molar-refractivity contribution in [3.05, 3.63) is 107 Å². The minimum absolute atomic E-state index is 0.0506. The van der Waals surface area contributed by atoms with E-state index in [9.17, 15) is 22.8 Å². The van der Waals surface area contributed by atoms with Gasteiger partial charge in [-0.25, -0.2) is 9.97 Å². The number of nitrogens with one attached hydrogen (secondary N) is 2. The molecule has 1 aromatic carbocycles. The fourth-order valence-corrected chi connectivity index (χ4v) is 7.05. The zero-order valence-corrected chi connectivity index (χ0v) is 23.4. The molecule has 0 bridgehead atoms. The van der Waals surface area contributed by atoms with E-state index in [4.69, 9.17) is 0 Å². The van der Waals surface area contributed by atoms with E-state index in [2.05, 4.69) is 25.6 Å². The molecule has 3 aromatic heterocycles. The van der Waals surface area contributed by atoms with E-state index >= 15 is 0 Å².